The summed E-state index contributed by atoms with van der Waals surface area (Å²) in [7, 11) is 0. The Kier molecular flexibility index (Phi) is 7.39. The summed E-state index contributed by atoms with van der Waals surface area (Å²) in [5.41, 5.74) is 0.916. The summed E-state index contributed by atoms with van der Waals surface area (Å²) in [6.45, 7) is 14.4. The van der Waals surface area contributed by atoms with E-state index in [2.05, 4.69) is 40.8 Å². The summed E-state index contributed by atoms with van der Waals surface area (Å²) in [4.78, 5) is 12.0. The molecule has 2 aliphatic heterocycles. The van der Waals surface area contributed by atoms with E-state index in [1.165, 1.54) is 0 Å². The predicted octanol–water partition coefficient (Wildman–Crippen LogP) is 1.59. The summed E-state index contributed by atoms with van der Waals surface area (Å²) < 4.78 is 5.56. The monoisotopic (exact) mass is 389 g/mol. The maximum atomic E-state index is 10.1. The molecule has 2 atom stereocenters. The predicted molar refractivity (Wildman–Crippen MR) is 114 cm³/mol. The van der Waals surface area contributed by atoms with Crippen molar-refractivity contribution < 1.29 is 9.84 Å². The second-order valence-corrected chi connectivity index (χ2v) is 7.67. The van der Waals surface area contributed by atoms with Crippen molar-refractivity contribution in [3.8, 4) is 5.75 Å². The van der Waals surface area contributed by atoms with Gasteiger partial charge in [-0.1, -0.05) is 12.1 Å². The maximum Gasteiger partial charge on any atom is 0.194 e. The summed E-state index contributed by atoms with van der Waals surface area (Å²) >= 11 is 0. The van der Waals surface area contributed by atoms with E-state index in [9.17, 15) is 5.11 Å². The molecule has 2 heterocycles. The average molecular weight is 390 g/mol. The fraction of sp³-hybridized carbons (Fsp3) is 0.667. The van der Waals surface area contributed by atoms with Gasteiger partial charge in [0.05, 0.1) is 25.4 Å². The molecule has 28 heavy (non-hydrogen) atoms. The minimum Gasteiger partial charge on any atom is -0.506 e. The zero-order valence-corrected chi connectivity index (χ0v) is 17.5. The molecule has 2 N–H and O–H groups in total. The van der Waals surface area contributed by atoms with E-state index in [1.54, 1.807) is 6.07 Å². The van der Waals surface area contributed by atoms with Crippen LogP contribution in [-0.4, -0.2) is 92.0 Å². The van der Waals surface area contributed by atoms with Gasteiger partial charge in [-0.25, -0.2) is 0 Å². The van der Waals surface area contributed by atoms with Crippen LogP contribution >= 0.6 is 0 Å². The molecule has 0 bridgehead atoms. The van der Waals surface area contributed by atoms with Gasteiger partial charge in [-0.05, 0) is 32.9 Å². The van der Waals surface area contributed by atoms with E-state index in [0.29, 0.717) is 17.8 Å². The third kappa shape index (κ3) is 5.08. The number of aliphatic imine (C=N–C) groups is 1. The van der Waals surface area contributed by atoms with Crippen LogP contribution in [-0.2, 0) is 4.74 Å². The topological polar surface area (TPSA) is 63.6 Å². The number of hydrogen-bond donors (Lipinski definition) is 2. The number of para-hydroxylation sites is 2. The summed E-state index contributed by atoms with van der Waals surface area (Å²) in [5, 5.41) is 13.6. The Balaban J connectivity index is 1.58. The number of guanidine groups is 1. The largest absolute Gasteiger partial charge is 0.506 e. The van der Waals surface area contributed by atoms with Crippen LogP contribution in [0, 0.1) is 0 Å². The quantitative estimate of drug-likeness (QED) is 0.589. The number of nitrogens with zero attached hydrogens (tertiary/aromatic N) is 4. The van der Waals surface area contributed by atoms with Crippen molar-refractivity contribution >= 4 is 11.6 Å². The first kappa shape index (κ1) is 20.7. The van der Waals surface area contributed by atoms with E-state index in [-0.39, 0.29) is 0 Å². The van der Waals surface area contributed by atoms with Gasteiger partial charge < -0.3 is 25.0 Å². The number of morpholine rings is 1. The van der Waals surface area contributed by atoms with Gasteiger partial charge in [-0.2, -0.15) is 0 Å². The summed E-state index contributed by atoms with van der Waals surface area (Å²) in [5.74, 6) is 1.34. The molecule has 0 aromatic heterocycles. The lowest BCUT2D eigenvalue weighted by atomic mass is 10.2. The molecule has 1 aromatic carbocycles. The molecule has 0 aliphatic carbocycles. The van der Waals surface area contributed by atoms with Gasteiger partial charge in [-0.15, -0.1) is 0 Å². The van der Waals surface area contributed by atoms with Crippen LogP contribution in [0.1, 0.15) is 20.8 Å². The third-order valence-corrected chi connectivity index (χ3v) is 5.63. The average Bonchev–Trinajstić information content (AvgIpc) is 2.72. The van der Waals surface area contributed by atoms with Crippen LogP contribution in [0.3, 0.4) is 0 Å². The highest BCUT2D eigenvalue weighted by molar-refractivity contribution is 5.80. The standard InChI is InChI=1S/C21H35N5O2/c1-4-22-21(23-15-17(2)26-13-14-28-16-18(26)3)25-11-9-24(10-12-25)19-7-5-6-8-20(19)27/h5-8,17-18,27H,4,9-16H2,1-3H3,(H,22,23). The lowest BCUT2D eigenvalue weighted by Gasteiger charge is -2.39. The van der Waals surface area contributed by atoms with Crippen molar-refractivity contribution in [3.05, 3.63) is 24.3 Å². The molecule has 156 valence electrons. The number of anilines is 1. The van der Waals surface area contributed by atoms with Crippen molar-refractivity contribution in [2.24, 2.45) is 4.99 Å². The Morgan fingerprint density at radius 2 is 2.00 bits per heavy atom. The number of nitrogens with one attached hydrogen (secondary N) is 1. The molecular formula is C21H35N5O2. The van der Waals surface area contributed by atoms with Crippen molar-refractivity contribution in [1.82, 2.24) is 15.1 Å². The highest BCUT2D eigenvalue weighted by Crippen LogP contribution is 2.27. The van der Waals surface area contributed by atoms with Gasteiger partial charge in [0, 0.05) is 51.4 Å². The Hall–Kier alpha value is -1.99. The minimum absolute atomic E-state index is 0.352. The number of aromatic hydroxyl groups is 1. The third-order valence-electron chi connectivity index (χ3n) is 5.63. The van der Waals surface area contributed by atoms with Crippen LogP contribution < -0.4 is 10.2 Å². The zero-order valence-electron chi connectivity index (χ0n) is 17.5. The molecule has 0 saturated carbocycles. The Labute approximate surface area is 169 Å². The van der Waals surface area contributed by atoms with Crippen LogP contribution in [0.5, 0.6) is 5.75 Å². The van der Waals surface area contributed by atoms with Crippen LogP contribution in [0.2, 0.25) is 0 Å². The molecular weight excluding hydrogens is 354 g/mol. The first-order valence-corrected chi connectivity index (χ1v) is 10.5. The van der Waals surface area contributed by atoms with Crippen molar-refractivity contribution in [2.45, 2.75) is 32.9 Å². The SMILES string of the molecule is CCNC(=NCC(C)N1CCOCC1C)N1CCN(c2ccccc2O)CC1. The zero-order chi connectivity index (χ0) is 19.9. The highest BCUT2D eigenvalue weighted by atomic mass is 16.5. The Morgan fingerprint density at radius 3 is 2.68 bits per heavy atom. The van der Waals surface area contributed by atoms with Crippen molar-refractivity contribution in [2.75, 3.05) is 63.9 Å². The van der Waals surface area contributed by atoms with Gasteiger partial charge in [0.1, 0.15) is 5.75 Å². The molecule has 0 radical (unpaired) electrons. The molecule has 3 rings (SSSR count). The first-order chi connectivity index (χ1) is 13.6. The second-order valence-electron chi connectivity index (χ2n) is 7.67. The lowest BCUT2D eigenvalue weighted by molar-refractivity contribution is -0.0166. The molecule has 2 aliphatic rings. The van der Waals surface area contributed by atoms with E-state index >= 15 is 0 Å². The molecule has 2 fully saturated rings. The number of rotatable bonds is 5. The van der Waals surface area contributed by atoms with E-state index in [4.69, 9.17) is 9.73 Å². The molecule has 1 aromatic rings. The van der Waals surface area contributed by atoms with E-state index in [1.807, 2.05) is 18.2 Å². The molecule has 0 amide bonds. The first-order valence-electron chi connectivity index (χ1n) is 10.5. The lowest BCUT2D eigenvalue weighted by Crippen LogP contribution is -2.53. The highest BCUT2D eigenvalue weighted by Gasteiger charge is 2.25. The fourth-order valence-electron chi connectivity index (χ4n) is 4.03. The molecule has 7 nitrogen and oxygen atoms in total. The van der Waals surface area contributed by atoms with Crippen LogP contribution in [0.15, 0.2) is 29.3 Å². The van der Waals surface area contributed by atoms with Gasteiger partial charge >= 0.3 is 0 Å². The van der Waals surface area contributed by atoms with Crippen LogP contribution in [0.25, 0.3) is 0 Å². The normalized spacial score (nSPS) is 23.0. The smallest absolute Gasteiger partial charge is 0.194 e. The van der Waals surface area contributed by atoms with E-state index in [0.717, 1.165) is 70.7 Å². The molecule has 7 heteroatoms. The van der Waals surface area contributed by atoms with Gasteiger partial charge in [-0.3, -0.25) is 9.89 Å². The fourth-order valence-corrected chi connectivity index (χ4v) is 4.03. The van der Waals surface area contributed by atoms with Gasteiger partial charge in [0.25, 0.3) is 0 Å². The maximum absolute atomic E-state index is 10.1. The number of phenolic OH excluding ortho intramolecular Hbond substituents is 1. The molecule has 2 saturated heterocycles. The van der Waals surface area contributed by atoms with Crippen LogP contribution in [0.4, 0.5) is 5.69 Å². The number of benzene rings is 1. The summed E-state index contributed by atoms with van der Waals surface area (Å²) in [6, 6.07) is 8.41. The Bertz CT molecular complexity index is 645. The number of ether oxygens (including phenoxy) is 1. The number of hydrogen-bond acceptors (Lipinski definition) is 5. The number of phenols is 1. The molecule has 0 spiro atoms. The number of piperazine rings is 1. The Morgan fingerprint density at radius 1 is 1.25 bits per heavy atom. The van der Waals surface area contributed by atoms with Gasteiger partial charge in [0.15, 0.2) is 5.96 Å². The summed E-state index contributed by atoms with van der Waals surface area (Å²) in [6.07, 6.45) is 0. The minimum atomic E-state index is 0.352. The van der Waals surface area contributed by atoms with Gasteiger partial charge in [0.2, 0.25) is 0 Å². The van der Waals surface area contributed by atoms with E-state index < -0.39 is 0 Å². The second kappa shape index (κ2) is 9.98. The van der Waals surface area contributed by atoms with Crippen molar-refractivity contribution in [3.63, 3.8) is 0 Å². The molecule has 2 unspecified atom stereocenters. The van der Waals surface area contributed by atoms with Crippen molar-refractivity contribution in [1.29, 1.82) is 0 Å².